The third kappa shape index (κ3) is 6.25. The predicted molar refractivity (Wildman–Crippen MR) is 131 cm³/mol. The van der Waals surface area contributed by atoms with E-state index in [4.69, 9.17) is 4.74 Å². The van der Waals surface area contributed by atoms with E-state index >= 15 is 0 Å². The van der Waals surface area contributed by atoms with Crippen LogP contribution in [0.25, 0.3) is 11.1 Å². The van der Waals surface area contributed by atoms with E-state index in [-0.39, 0.29) is 18.1 Å². The Bertz CT molecular complexity index is 1010. The molecule has 0 radical (unpaired) electrons. The van der Waals surface area contributed by atoms with E-state index in [9.17, 15) is 18.0 Å². The van der Waals surface area contributed by atoms with Gasteiger partial charge in [0.05, 0.1) is 17.1 Å². The van der Waals surface area contributed by atoms with Crippen molar-refractivity contribution in [2.75, 3.05) is 27.2 Å². The largest absolute Gasteiger partial charge is 0.416 e. The Kier molecular flexibility index (Phi) is 7.86. The van der Waals surface area contributed by atoms with Crippen LogP contribution in [0.15, 0.2) is 48.5 Å². The van der Waals surface area contributed by atoms with Gasteiger partial charge in [-0.3, -0.25) is 4.79 Å². The molecule has 2 fully saturated rings. The van der Waals surface area contributed by atoms with Crippen molar-refractivity contribution in [2.24, 2.45) is 5.41 Å². The normalized spacial score (nSPS) is 24.3. The molecule has 1 saturated heterocycles. The lowest BCUT2D eigenvalue weighted by molar-refractivity contribution is -0.137. The van der Waals surface area contributed by atoms with Crippen LogP contribution < -0.4 is 5.32 Å². The second kappa shape index (κ2) is 10.7. The van der Waals surface area contributed by atoms with Crippen molar-refractivity contribution in [3.63, 3.8) is 0 Å². The number of methoxy groups -OCH3 is 1. The highest BCUT2D eigenvalue weighted by molar-refractivity contribution is 5.83. The maximum absolute atomic E-state index is 13.7. The summed E-state index contributed by atoms with van der Waals surface area (Å²) >= 11 is 0. The number of carbonyl (C=O) groups excluding carboxylic acids is 1. The molecule has 2 aliphatic rings. The van der Waals surface area contributed by atoms with Crippen LogP contribution in [0.3, 0.4) is 0 Å². The van der Waals surface area contributed by atoms with Gasteiger partial charge in [-0.15, -0.1) is 0 Å². The fraction of sp³-hybridized carbons (Fsp3) is 0.536. The average Bonchev–Trinajstić information content (AvgIpc) is 2.85. The van der Waals surface area contributed by atoms with Gasteiger partial charge in [-0.05, 0) is 93.9 Å². The summed E-state index contributed by atoms with van der Waals surface area (Å²) in [6.45, 7) is 1.95. The number of nitrogens with zero attached hydrogens (tertiary/aromatic N) is 1. The van der Waals surface area contributed by atoms with Gasteiger partial charge >= 0.3 is 6.18 Å². The van der Waals surface area contributed by atoms with Crippen molar-refractivity contribution in [1.82, 2.24) is 10.2 Å². The average molecular weight is 489 g/mol. The number of carbonyl (C=O) groups is 1. The zero-order valence-corrected chi connectivity index (χ0v) is 20.5. The number of hydrogen-bond acceptors (Lipinski definition) is 3. The van der Waals surface area contributed by atoms with Crippen LogP contribution in [0.4, 0.5) is 13.2 Å². The molecule has 1 saturated carbocycles. The number of likely N-dealkylation sites (tertiary alicyclic amines) is 1. The Morgan fingerprint density at radius 2 is 1.66 bits per heavy atom. The van der Waals surface area contributed by atoms with Crippen molar-refractivity contribution < 1.29 is 22.7 Å². The van der Waals surface area contributed by atoms with E-state index in [1.165, 1.54) is 12.1 Å². The van der Waals surface area contributed by atoms with Crippen molar-refractivity contribution in [1.29, 1.82) is 0 Å². The first kappa shape index (κ1) is 25.7. The molecule has 190 valence electrons. The van der Waals surface area contributed by atoms with E-state index in [0.29, 0.717) is 12.0 Å². The third-order valence-electron chi connectivity index (χ3n) is 7.75. The van der Waals surface area contributed by atoms with Gasteiger partial charge in [-0.1, -0.05) is 36.4 Å². The van der Waals surface area contributed by atoms with Crippen molar-refractivity contribution >= 4 is 5.91 Å². The zero-order valence-electron chi connectivity index (χ0n) is 20.5. The fourth-order valence-electron chi connectivity index (χ4n) is 5.48. The van der Waals surface area contributed by atoms with E-state index in [1.54, 1.807) is 13.2 Å². The van der Waals surface area contributed by atoms with Crippen LogP contribution in [0.5, 0.6) is 0 Å². The number of amides is 1. The van der Waals surface area contributed by atoms with Crippen LogP contribution in [0.1, 0.15) is 49.7 Å². The Hall–Kier alpha value is -2.38. The van der Waals surface area contributed by atoms with E-state index in [1.807, 2.05) is 24.3 Å². The molecule has 4 rings (SSSR count). The van der Waals surface area contributed by atoms with Crippen LogP contribution in [-0.2, 0) is 22.1 Å². The highest BCUT2D eigenvalue weighted by Gasteiger charge is 2.42. The lowest BCUT2D eigenvalue weighted by Gasteiger charge is -2.40. The molecular weight excluding hydrogens is 453 g/mol. The van der Waals surface area contributed by atoms with Crippen LogP contribution >= 0.6 is 0 Å². The topological polar surface area (TPSA) is 41.6 Å². The van der Waals surface area contributed by atoms with Crippen LogP contribution in [0.2, 0.25) is 0 Å². The first-order valence-corrected chi connectivity index (χ1v) is 12.5. The minimum atomic E-state index is -4.39. The summed E-state index contributed by atoms with van der Waals surface area (Å²) in [5, 5.41) is 3.34. The third-order valence-corrected chi connectivity index (χ3v) is 7.75. The summed E-state index contributed by atoms with van der Waals surface area (Å²) in [6, 6.07) is 13.2. The molecule has 1 aliphatic heterocycles. The van der Waals surface area contributed by atoms with E-state index in [2.05, 4.69) is 17.3 Å². The summed E-state index contributed by atoms with van der Waals surface area (Å²) in [6.07, 6.45) is 1.35. The Morgan fingerprint density at radius 3 is 2.29 bits per heavy atom. The summed E-state index contributed by atoms with van der Waals surface area (Å²) in [4.78, 5) is 16.0. The van der Waals surface area contributed by atoms with Gasteiger partial charge in [0.1, 0.15) is 0 Å². The maximum atomic E-state index is 13.7. The van der Waals surface area contributed by atoms with Gasteiger partial charge in [-0.25, -0.2) is 0 Å². The lowest BCUT2D eigenvalue weighted by atomic mass is 9.68. The van der Waals surface area contributed by atoms with Gasteiger partial charge < -0.3 is 15.0 Å². The molecular formula is C28H35F3N2O2. The molecule has 2 aromatic carbocycles. The molecule has 0 unspecified atom stereocenters. The predicted octanol–water partition coefficient (Wildman–Crippen LogP) is 5.70. The molecule has 1 aliphatic carbocycles. The monoisotopic (exact) mass is 488 g/mol. The minimum absolute atomic E-state index is 0.103. The smallest absolute Gasteiger partial charge is 0.381 e. The second-order valence-electron chi connectivity index (χ2n) is 10.2. The standard InChI is InChI=1S/C28H35F3N2O2/c1-33-15-11-24(12-16-33)32-26(34)27(13-9-25(35-2)10-14-27)19-20-5-3-6-21(17-20)22-7-4-8-23(18-22)28(29,30)31/h3-8,17-18,24-25H,9-16,19H2,1-2H3,(H,32,34). The highest BCUT2D eigenvalue weighted by Crippen LogP contribution is 2.41. The Balaban J connectivity index is 1.56. The van der Waals surface area contributed by atoms with Gasteiger partial charge in [0, 0.05) is 13.2 Å². The van der Waals surface area contributed by atoms with E-state index < -0.39 is 17.2 Å². The van der Waals surface area contributed by atoms with Crippen LogP contribution in [0, 0.1) is 5.41 Å². The quantitative estimate of drug-likeness (QED) is 0.567. The number of benzene rings is 2. The summed E-state index contributed by atoms with van der Waals surface area (Å²) in [7, 11) is 3.82. The van der Waals surface area contributed by atoms with Crippen LogP contribution in [-0.4, -0.2) is 50.2 Å². The molecule has 4 nitrogen and oxygen atoms in total. The molecule has 0 bridgehead atoms. The van der Waals surface area contributed by atoms with Gasteiger partial charge in [-0.2, -0.15) is 13.2 Å². The molecule has 0 spiro atoms. The number of hydrogen-bond donors (Lipinski definition) is 1. The zero-order chi connectivity index (χ0) is 25.1. The van der Waals surface area contributed by atoms with Crippen molar-refractivity contribution in [3.8, 4) is 11.1 Å². The highest BCUT2D eigenvalue weighted by atomic mass is 19.4. The first-order chi connectivity index (χ1) is 16.7. The van der Waals surface area contributed by atoms with Gasteiger partial charge in [0.15, 0.2) is 0 Å². The molecule has 1 heterocycles. The van der Waals surface area contributed by atoms with Crippen molar-refractivity contribution in [2.45, 2.75) is 63.3 Å². The molecule has 35 heavy (non-hydrogen) atoms. The number of halogens is 3. The summed E-state index contributed by atoms with van der Waals surface area (Å²) in [5.41, 5.74) is 1.02. The SMILES string of the molecule is COC1CCC(Cc2cccc(-c3cccc(C(F)(F)F)c3)c2)(C(=O)NC2CCN(C)CC2)CC1. The number of piperidine rings is 1. The molecule has 2 aromatic rings. The number of nitrogens with one attached hydrogen (secondary N) is 1. The first-order valence-electron chi connectivity index (χ1n) is 12.5. The Morgan fingerprint density at radius 1 is 1.03 bits per heavy atom. The van der Waals surface area contributed by atoms with Crippen molar-refractivity contribution in [3.05, 3.63) is 59.7 Å². The molecule has 1 N–H and O–H groups in total. The maximum Gasteiger partial charge on any atom is 0.416 e. The minimum Gasteiger partial charge on any atom is -0.381 e. The van der Waals surface area contributed by atoms with Gasteiger partial charge in [0.25, 0.3) is 0 Å². The molecule has 1 amide bonds. The number of alkyl halides is 3. The van der Waals surface area contributed by atoms with E-state index in [0.717, 1.165) is 68.8 Å². The number of rotatable bonds is 6. The second-order valence-corrected chi connectivity index (χ2v) is 10.2. The molecule has 7 heteroatoms. The Labute approximate surface area is 205 Å². The molecule has 0 atom stereocenters. The summed E-state index contributed by atoms with van der Waals surface area (Å²) < 4.78 is 45.2. The number of ether oxygens (including phenoxy) is 1. The fourth-order valence-corrected chi connectivity index (χ4v) is 5.48. The molecule has 0 aromatic heterocycles. The van der Waals surface area contributed by atoms with Gasteiger partial charge in [0.2, 0.25) is 5.91 Å². The lowest BCUT2D eigenvalue weighted by Crippen LogP contribution is -2.51. The summed E-state index contributed by atoms with van der Waals surface area (Å²) in [5.74, 6) is 0.103.